The fraction of sp³-hybridized carbons (Fsp3) is 1.00. The normalized spacial score (nSPS) is 41.5. The second-order valence-electron chi connectivity index (χ2n) is 3.53. The standard InChI is InChI=1S/C8H14Br2N2S/c9-5-7-6-11-8(10,13-7)12-3-1-2-4-12/h7,11H,1-6H2/t7-,8+/m0/s1. The molecule has 0 amide bonds. The maximum atomic E-state index is 3.81. The number of likely N-dealkylation sites (tertiary alicyclic amines) is 1. The average Bonchev–Trinajstić information content (AvgIpc) is 2.72. The molecule has 0 spiro atoms. The largest absolute Gasteiger partial charge is 0.280 e. The zero-order valence-corrected chi connectivity index (χ0v) is 11.4. The second kappa shape index (κ2) is 4.39. The summed E-state index contributed by atoms with van der Waals surface area (Å²) in [7, 11) is 0. The molecule has 2 saturated heterocycles. The van der Waals surface area contributed by atoms with Crippen molar-refractivity contribution in [1.82, 2.24) is 10.2 Å². The number of hydrogen-bond donors (Lipinski definition) is 1. The third-order valence-corrected chi connectivity index (χ3v) is 6.49. The van der Waals surface area contributed by atoms with Crippen molar-refractivity contribution in [2.24, 2.45) is 0 Å². The molecule has 0 saturated carbocycles. The van der Waals surface area contributed by atoms with E-state index >= 15 is 0 Å². The number of halogens is 2. The predicted molar refractivity (Wildman–Crippen MR) is 65.6 cm³/mol. The monoisotopic (exact) mass is 328 g/mol. The van der Waals surface area contributed by atoms with Crippen LogP contribution >= 0.6 is 43.6 Å². The molecule has 0 radical (unpaired) electrons. The molecule has 2 nitrogen and oxygen atoms in total. The molecule has 2 rings (SSSR count). The third-order valence-electron chi connectivity index (χ3n) is 2.56. The fourth-order valence-corrected chi connectivity index (χ4v) is 4.93. The van der Waals surface area contributed by atoms with E-state index < -0.39 is 0 Å². The summed E-state index contributed by atoms with van der Waals surface area (Å²) < 4.78 is 0.0297. The summed E-state index contributed by atoms with van der Waals surface area (Å²) >= 11 is 9.34. The van der Waals surface area contributed by atoms with Gasteiger partial charge in [0.15, 0.2) is 3.90 Å². The average molecular weight is 330 g/mol. The minimum absolute atomic E-state index is 0.0297. The van der Waals surface area contributed by atoms with Gasteiger partial charge in [0.1, 0.15) is 0 Å². The number of rotatable bonds is 2. The summed E-state index contributed by atoms with van der Waals surface area (Å²) in [6, 6.07) is 0. The van der Waals surface area contributed by atoms with Crippen LogP contribution in [0.5, 0.6) is 0 Å². The summed E-state index contributed by atoms with van der Waals surface area (Å²) in [5.41, 5.74) is 0. The molecule has 0 bridgehead atoms. The molecule has 0 aromatic rings. The Morgan fingerprint density at radius 3 is 2.69 bits per heavy atom. The zero-order valence-electron chi connectivity index (χ0n) is 7.43. The highest BCUT2D eigenvalue weighted by Gasteiger charge is 2.42. The summed E-state index contributed by atoms with van der Waals surface area (Å²) in [6.07, 6.45) is 2.68. The van der Waals surface area contributed by atoms with Crippen molar-refractivity contribution >= 4 is 43.6 Å². The first-order chi connectivity index (χ1) is 6.24. The van der Waals surface area contributed by atoms with Gasteiger partial charge >= 0.3 is 0 Å². The van der Waals surface area contributed by atoms with Crippen LogP contribution in [-0.4, -0.2) is 39.0 Å². The molecular weight excluding hydrogens is 316 g/mol. The lowest BCUT2D eigenvalue weighted by molar-refractivity contribution is 0.269. The van der Waals surface area contributed by atoms with E-state index in [-0.39, 0.29) is 3.90 Å². The molecule has 2 aliphatic heterocycles. The molecule has 2 aliphatic rings. The molecule has 1 N–H and O–H groups in total. The lowest BCUT2D eigenvalue weighted by atomic mass is 10.4. The van der Waals surface area contributed by atoms with Gasteiger partial charge in [-0.1, -0.05) is 15.9 Å². The SMILES string of the molecule is BrC[C@H]1CN[C@](Br)(N2CCCC2)S1. The first-order valence-electron chi connectivity index (χ1n) is 4.67. The van der Waals surface area contributed by atoms with Crippen molar-refractivity contribution in [3.63, 3.8) is 0 Å². The first kappa shape index (κ1) is 10.7. The van der Waals surface area contributed by atoms with Crippen molar-refractivity contribution in [3.8, 4) is 0 Å². The van der Waals surface area contributed by atoms with E-state index in [9.17, 15) is 0 Å². The van der Waals surface area contributed by atoms with Crippen LogP contribution in [0.4, 0.5) is 0 Å². The predicted octanol–water partition coefficient (Wildman–Crippen LogP) is 2.19. The highest BCUT2D eigenvalue weighted by molar-refractivity contribution is 9.12. The Balaban J connectivity index is 1.96. The highest BCUT2D eigenvalue weighted by atomic mass is 79.9. The van der Waals surface area contributed by atoms with Crippen molar-refractivity contribution in [1.29, 1.82) is 0 Å². The molecule has 0 aromatic carbocycles. The molecule has 0 aromatic heterocycles. The highest BCUT2D eigenvalue weighted by Crippen LogP contribution is 2.42. The van der Waals surface area contributed by atoms with Crippen LogP contribution in [0, 0.1) is 0 Å². The van der Waals surface area contributed by atoms with E-state index in [4.69, 9.17) is 0 Å². The van der Waals surface area contributed by atoms with E-state index in [1.54, 1.807) is 0 Å². The zero-order chi connectivity index (χ0) is 9.31. The Morgan fingerprint density at radius 2 is 2.15 bits per heavy atom. The van der Waals surface area contributed by atoms with Gasteiger partial charge in [0.25, 0.3) is 0 Å². The molecule has 5 heteroatoms. The minimum atomic E-state index is 0.0297. The van der Waals surface area contributed by atoms with Gasteiger partial charge in [-0.05, 0) is 28.8 Å². The number of nitrogens with zero attached hydrogens (tertiary/aromatic N) is 1. The third kappa shape index (κ3) is 2.25. The van der Waals surface area contributed by atoms with Crippen LogP contribution < -0.4 is 5.32 Å². The minimum Gasteiger partial charge on any atom is -0.280 e. The molecule has 2 fully saturated rings. The van der Waals surface area contributed by atoms with E-state index in [0.29, 0.717) is 5.25 Å². The molecule has 0 unspecified atom stereocenters. The Bertz CT molecular complexity index is 187. The number of nitrogens with one attached hydrogen (secondary N) is 1. The van der Waals surface area contributed by atoms with Crippen LogP contribution in [0.3, 0.4) is 0 Å². The molecule has 76 valence electrons. The van der Waals surface area contributed by atoms with Crippen LogP contribution in [0.2, 0.25) is 0 Å². The Hall–Kier alpha value is 1.23. The molecule has 13 heavy (non-hydrogen) atoms. The van der Waals surface area contributed by atoms with Crippen LogP contribution in [0.15, 0.2) is 0 Å². The van der Waals surface area contributed by atoms with Crippen molar-refractivity contribution in [3.05, 3.63) is 0 Å². The van der Waals surface area contributed by atoms with E-state index in [2.05, 4.69) is 42.1 Å². The Morgan fingerprint density at radius 1 is 1.46 bits per heavy atom. The van der Waals surface area contributed by atoms with Gasteiger partial charge in [0, 0.05) is 30.2 Å². The van der Waals surface area contributed by atoms with Gasteiger partial charge in [0.2, 0.25) is 0 Å². The number of hydrogen-bond acceptors (Lipinski definition) is 3. The van der Waals surface area contributed by atoms with E-state index in [1.807, 2.05) is 11.8 Å². The van der Waals surface area contributed by atoms with Crippen LogP contribution in [0.25, 0.3) is 0 Å². The van der Waals surface area contributed by atoms with Crippen LogP contribution in [-0.2, 0) is 0 Å². The van der Waals surface area contributed by atoms with Crippen molar-refractivity contribution < 1.29 is 0 Å². The number of thioether (sulfide) groups is 1. The topological polar surface area (TPSA) is 15.3 Å². The van der Waals surface area contributed by atoms with E-state index in [1.165, 1.54) is 25.9 Å². The molecule has 0 aliphatic carbocycles. The number of alkyl halides is 2. The maximum Gasteiger partial charge on any atom is 0.177 e. The van der Waals surface area contributed by atoms with Gasteiger partial charge < -0.3 is 0 Å². The van der Waals surface area contributed by atoms with Gasteiger partial charge in [-0.25, -0.2) is 0 Å². The van der Waals surface area contributed by atoms with E-state index in [0.717, 1.165) is 11.9 Å². The maximum absolute atomic E-state index is 3.81. The summed E-state index contributed by atoms with van der Waals surface area (Å²) in [6.45, 7) is 3.54. The molecule has 2 heterocycles. The lowest BCUT2D eigenvalue weighted by Crippen LogP contribution is -2.46. The summed E-state index contributed by atoms with van der Waals surface area (Å²) in [4.78, 5) is 2.50. The fourth-order valence-electron chi connectivity index (χ4n) is 1.82. The molecular formula is C8H14Br2N2S. The quantitative estimate of drug-likeness (QED) is 0.617. The Labute approximate surface area is 100 Å². The summed E-state index contributed by atoms with van der Waals surface area (Å²) in [5.74, 6) is 0. The van der Waals surface area contributed by atoms with Gasteiger partial charge in [0.05, 0.1) is 0 Å². The lowest BCUT2D eigenvalue weighted by Gasteiger charge is -2.32. The van der Waals surface area contributed by atoms with Crippen LogP contribution in [0.1, 0.15) is 12.8 Å². The first-order valence-corrected chi connectivity index (χ1v) is 7.47. The van der Waals surface area contributed by atoms with Crippen molar-refractivity contribution in [2.45, 2.75) is 22.0 Å². The van der Waals surface area contributed by atoms with Crippen molar-refractivity contribution in [2.75, 3.05) is 25.0 Å². The van der Waals surface area contributed by atoms with Gasteiger partial charge in [-0.15, -0.1) is 11.8 Å². The second-order valence-corrected chi connectivity index (χ2v) is 7.34. The van der Waals surface area contributed by atoms with Gasteiger partial charge in [-0.3, -0.25) is 10.2 Å². The summed E-state index contributed by atoms with van der Waals surface area (Å²) in [5, 5.41) is 5.32. The Kier molecular flexibility index (Phi) is 3.63. The van der Waals surface area contributed by atoms with Gasteiger partial charge in [-0.2, -0.15) is 0 Å². The molecule has 2 atom stereocenters. The smallest absolute Gasteiger partial charge is 0.177 e.